The van der Waals surface area contributed by atoms with Crippen molar-refractivity contribution in [3.63, 3.8) is 0 Å². The average Bonchev–Trinajstić information content (AvgIpc) is 3.30. The second-order valence-electron chi connectivity index (χ2n) is 13.0. The lowest BCUT2D eigenvalue weighted by atomic mass is 10.0. The third kappa shape index (κ3) is 10.8. The molecular weight excluding hydrogens is 675 g/mol. The van der Waals surface area contributed by atoms with Crippen molar-refractivity contribution < 1.29 is 0 Å². The van der Waals surface area contributed by atoms with Crippen molar-refractivity contribution in [3.8, 4) is 44.5 Å². The van der Waals surface area contributed by atoms with Gasteiger partial charge in [0.1, 0.15) is 0 Å². The van der Waals surface area contributed by atoms with E-state index in [1.54, 1.807) is 0 Å². The van der Waals surface area contributed by atoms with Crippen LogP contribution in [0.1, 0.15) is 45.7 Å². The van der Waals surface area contributed by atoms with Crippen LogP contribution in [0.2, 0.25) is 0 Å². The molecular formula is C55H55N. The van der Waals surface area contributed by atoms with Crippen molar-refractivity contribution in [1.29, 1.82) is 0 Å². The summed E-state index contributed by atoms with van der Waals surface area (Å²) in [7, 11) is 0. The van der Waals surface area contributed by atoms with Gasteiger partial charge in [-0.15, -0.1) is 0 Å². The number of hydrogen-bond donors (Lipinski definition) is 0. The minimum Gasteiger partial charge on any atom is -0.310 e. The van der Waals surface area contributed by atoms with Gasteiger partial charge >= 0.3 is 0 Å². The van der Waals surface area contributed by atoms with E-state index >= 15 is 0 Å². The van der Waals surface area contributed by atoms with E-state index < -0.39 is 0 Å². The fourth-order valence-electron chi connectivity index (χ4n) is 6.47. The van der Waals surface area contributed by atoms with Gasteiger partial charge in [0.25, 0.3) is 0 Å². The van der Waals surface area contributed by atoms with Gasteiger partial charge in [-0.3, -0.25) is 0 Å². The lowest BCUT2D eigenvalue weighted by Crippen LogP contribution is -2.10. The highest BCUT2D eigenvalue weighted by Gasteiger charge is 2.15. The SMILES string of the molecule is CC.CC.CCc1ccc(-c2ccccc2)cc1.Cc1ccc(-c2ccc(N(c3cccc(-c4ccccc4)c3)c3cccc(-c4ccccc4)c3)cc2)cc1. The van der Waals surface area contributed by atoms with E-state index in [2.05, 4.69) is 225 Å². The summed E-state index contributed by atoms with van der Waals surface area (Å²) in [5.41, 5.74) is 15.9. The number of hydrogen-bond acceptors (Lipinski definition) is 1. The summed E-state index contributed by atoms with van der Waals surface area (Å²) in [4.78, 5) is 2.35. The number of aryl methyl sites for hydroxylation is 2. The molecule has 56 heavy (non-hydrogen) atoms. The summed E-state index contributed by atoms with van der Waals surface area (Å²) in [5.74, 6) is 0. The molecule has 0 heterocycles. The summed E-state index contributed by atoms with van der Waals surface area (Å²) < 4.78 is 0. The molecule has 0 atom stereocenters. The van der Waals surface area contributed by atoms with Crippen LogP contribution in [0.5, 0.6) is 0 Å². The molecule has 0 fully saturated rings. The van der Waals surface area contributed by atoms with Crippen molar-refractivity contribution in [3.05, 3.63) is 223 Å². The molecule has 0 aliphatic carbocycles. The van der Waals surface area contributed by atoms with Crippen molar-refractivity contribution in [2.75, 3.05) is 4.90 Å². The Morgan fingerprint density at radius 2 is 0.625 bits per heavy atom. The lowest BCUT2D eigenvalue weighted by Gasteiger charge is -2.27. The zero-order valence-electron chi connectivity index (χ0n) is 33.9. The molecule has 0 saturated heterocycles. The first-order chi connectivity index (χ1) is 27.6. The Morgan fingerprint density at radius 1 is 0.304 bits per heavy atom. The highest BCUT2D eigenvalue weighted by Crippen LogP contribution is 2.39. The van der Waals surface area contributed by atoms with E-state index in [1.807, 2.05) is 33.8 Å². The molecule has 280 valence electrons. The van der Waals surface area contributed by atoms with Crippen LogP contribution >= 0.6 is 0 Å². The van der Waals surface area contributed by atoms with Gasteiger partial charge in [0.2, 0.25) is 0 Å². The molecule has 0 aliphatic heterocycles. The molecule has 8 rings (SSSR count). The minimum absolute atomic E-state index is 1.11. The van der Waals surface area contributed by atoms with Gasteiger partial charge < -0.3 is 4.90 Å². The maximum atomic E-state index is 2.35. The van der Waals surface area contributed by atoms with Crippen LogP contribution in [0.3, 0.4) is 0 Å². The monoisotopic (exact) mass is 729 g/mol. The van der Waals surface area contributed by atoms with Crippen molar-refractivity contribution in [2.45, 2.75) is 48.0 Å². The molecule has 0 saturated carbocycles. The van der Waals surface area contributed by atoms with Crippen LogP contribution in [0, 0.1) is 6.92 Å². The normalized spacial score (nSPS) is 10.0. The summed E-state index contributed by atoms with van der Waals surface area (Å²) >= 11 is 0. The van der Waals surface area contributed by atoms with E-state index in [0.29, 0.717) is 0 Å². The van der Waals surface area contributed by atoms with E-state index in [0.717, 1.165) is 23.5 Å². The molecule has 8 aromatic carbocycles. The molecule has 0 amide bonds. The van der Waals surface area contributed by atoms with E-state index in [1.165, 1.54) is 55.6 Å². The highest BCUT2D eigenvalue weighted by molar-refractivity contribution is 5.83. The maximum absolute atomic E-state index is 2.35. The van der Waals surface area contributed by atoms with Crippen LogP contribution in [0.15, 0.2) is 212 Å². The standard InChI is InChI=1S/C37H29N.C14H14.2C2H6/c1-28-18-20-31(21-19-28)32-22-24-35(25-23-32)38(36-16-8-14-33(26-36)29-10-4-2-5-11-29)37-17-9-15-34(27-37)30-12-6-3-7-13-30;1-2-12-8-10-14(11-9-12)13-6-4-3-5-7-13;2*1-2/h2-27H,1H3;3-11H,2H2,1H3;2*1-2H3. The van der Waals surface area contributed by atoms with E-state index in [9.17, 15) is 0 Å². The zero-order valence-corrected chi connectivity index (χ0v) is 33.9. The Kier molecular flexibility index (Phi) is 15.6. The van der Waals surface area contributed by atoms with Crippen LogP contribution in [-0.2, 0) is 6.42 Å². The molecule has 0 radical (unpaired) electrons. The summed E-state index contributed by atoms with van der Waals surface area (Å²) in [6.45, 7) is 12.3. The third-order valence-electron chi connectivity index (χ3n) is 9.40. The summed E-state index contributed by atoms with van der Waals surface area (Å²) in [6.07, 6.45) is 1.11. The molecule has 0 spiro atoms. The predicted molar refractivity (Wildman–Crippen MR) is 246 cm³/mol. The molecule has 0 unspecified atom stereocenters. The van der Waals surface area contributed by atoms with Crippen molar-refractivity contribution >= 4 is 17.1 Å². The minimum atomic E-state index is 1.11. The molecule has 0 bridgehead atoms. The zero-order chi connectivity index (χ0) is 39.5. The molecule has 8 aromatic rings. The van der Waals surface area contributed by atoms with Crippen LogP contribution in [-0.4, -0.2) is 0 Å². The summed E-state index contributed by atoms with van der Waals surface area (Å²) in [6, 6.07) is 75.5. The average molecular weight is 730 g/mol. The van der Waals surface area contributed by atoms with Crippen molar-refractivity contribution in [2.24, 2.45) is 0 Å². The number of anilines is 3. The third-order valence-corrected chi connectivity index (χ3v) is 9.40. The second-order valence-corrected chi connectivity index (χ2v) is 13.0. The first kappa shape index (κ1) is 40.7. The number of benzene rings is 8. The number of rotatable bonds is 8. The molecule has 0 N–H and O–H groups in total. The second kappa shape index (κ2) is 21.4. The van der Waals surface area contributed by atoms with Gasteiger partial charge in [-0.25, -0.2) is 0 Å². The lowest BCUT2D eigenvalue weighted by molar-refractivity contribution is 1.14. The van der Waals surface area contributed by atoms with Crippen LogP contribution in [0.4, 0.5) is 17.1 Å². The van der Waals surface area contributed by atoms with Crippen molar-refractivity contribution in [1.82, 2.24) is 0 Å². The first-order valence-electron chi connectivity index (χ1n) is 20.1. The topological polar surface area (TPSA) is 3.24 Å². The smallest absolute Gasteiger partial charge is 0.0467 e. The van der Waals surface area contributed by atoms with Gasteiger partial charge in [0.15, 0.2) is 0 Å². The largest absolute Gasteiger partial charge is 0.310 e. The van der Waals surface area contributed by atoms with Crippen LogP contribution in [0.25, 0.3) is 44.5 Å². The highest BCUT2D eigenvalue weighted by atomic mass is 15.1. The number of nitrogens with zero attached hydrogens (tertiary/aromatic N) is 1. The van der Waals surface area contributed by atoms with Gasteiger partial charge in [0.05, 0.1) is 0 Å². The van der Waals surface area contributed by atoms with E-state index in [-0.39, 0.29) is 0 Å². The Morgan fingerprint density at radius 3 is 1.02 bits per heavy atom. The van der Waals surface area contributed by atoms with Gasteiger partial charge in [-0.05, 0) is 99.8 Å². The maximum Gasteiger partial charge on any atom is 0.0467 e. The Labute approximate surface area is 336 Å². The van der Waals surface area contributed by atoms with Crippen LogP contribution < -0.4 is 4.90 Å². The Bertz CT molecular complexity index is 2210. The van der Waals surface area contributed by atoms with Gasteiger partial charge in [0, 0.05) is 17.1 Å². The quantitative estimate of drug-likeness (QED) is 0.151. The predicted octanol–water partition coefficient (Wildman–Crippen LogP) is 16.4. The fraction of sp³-hybridized carbons (Fsp3) is 0.127. The van der Waals surface area contributed by atoms with E-state index in [4.69, 9.17) is 0 Å². The van der Waals surface area contributed by atoms with Gasteiger partial charge in [-0.2, -0.15) is 0 Å². The Balaban J connectivity index is 0.000000278. The Hall–Kier alpha value is -6.44. The fourth-order valence-corrected chi connectivity index (χ4v) is 6.47. The van der Waals surface area contributed by atoms with Gasteiger partial charge in [-0.1, -0.05) is 216 Å². The molecule has 1 heteroatoms. The molecule has 0 aliphatic rings. The first-order valence-corrected chi connectivity index (χ1v) is 20.1. The molecule has 0 aromatic heterocycles. The molecule has 1 nitrogen and oxygen atoms in total. The summed E-state index contributed by atoms with van der Waals surface area (Å²) in [5, 5.41) is 0.